The standard InChI is InChI=1S/C10H7N5O2/c11-5-8-3-9(15-6-12-13-14-15)2-1-7(8)4-10(16)17/h1-3,6H,4H2,(H,16,17). The Morgan fingerprint density at radius 2 is 2.35 bits per heavy atom. The molecule has 0 atom stereocenters. The van der Waals surface area contributed by atoms with E-state index in [0.29, 0.717) is 16.8 Å². The summed E-state index contributed by atoms with van der Waals surface area (Å²) in [6.07, 6.45) is 1.21. The zero-order valence-electron chi connectivity index (χ0n) is 8.61. The fraction of sp³-hybridized carbons (Fsp3) is 0.100. The van der Waals surface area contributed by atoms with Gasteiger partial charge in [0.25, 0.3) is 0 Å². The van der Waals surface area contributed by atoms with Crippen molar-refractivity contribution in [3.8, 4) is 11.8 Å². The number of nitriles is 1. The Balaban J connectivity index is 2.42. The van der Waals surface area contributed by atoms with Gasteiger partial charge >= 0.3 is 5.97 Å². The lowest BCUT2D eigenvalue weighted by Crippen LogP contribution is -2.04. The summed E-state index contributed by atoms with van der Waals surface area (Å²) in [7, 11) is 0. The van der Waals surface area contributed by atoms with Crippen LogP contribution in [0.2, 0.25) is 0 Å². The summed E-state index contributed by atoms with van der Waals surface area (Å²) in [6.45, 7) is 0. The lowest BCUT2D eigenvalue weighted by atomic mass is 10.0. The van der Waals surface area contributed by atoms with Gasteiger partial charge in [-0.15, -0.1) is 5.10 Å². The normalized spacial score (nSPS) is 9.82. The van der Waals surface area contributed by atoms with Crippen molar-refractivity contribution < 1.29 is 9.90 Å². The number of aliphatic carboxylic acids is 1. The highest BCUT2D eigenvalue weighted by atomic mass is 16.4. The maximum atomic E-state index is 10.6. The zero-order valence-corrected chi connectivity index (χ0v) is 8.61. The Bertz CT molecular complexity index is 585. The van der Waals surface area contributed by atoms with E-state index in [1.807, 2.05) is 6.07 Å². The van der Waals surface area contributed by atoms with Gasteiger partial charge in [-0.25, -0.2) is 4.68 Å². The van der Waals surface area contributed by atoms with Crippen LogP contribution in [0.1, 0.15) is 11.1 Å². The van der Waals surface area contributed by atoms with Gasteiger partial charge in [0.2, 0.25) is 0 Å². The van der Waals surface area contributed by atoms with E-state index in [4.69, 9.17) is 10.4 Å². The summed E-state index contributed by atoms with van der Waals surface area (Å²) in [5.41, 5.74) is 1.39. The summed E-state index contributed by atoms with van der Waals surface area (Å²) in [5, 5.41) is 28.3. The average molecular weight is 229 g/mol. The number of nitrogens with zero attached hydrogens (tertiary/aromatic N) is 5. The molecule has 1 heterocycles. The predicted molar refractivity (Wildman–Crippen MR) is 55.2 cm³/mol. The highest BCUT2D eigenvalue weighted by molar-refractivity contribution is 5.71. The summed E-state index contributed by atoms with van der Waals surface area (Å²) < 4.78 is 1.39. The summed E-state index contributed by atoms with van der Waals surface area (Å²) in [5.74, 6) is -0.975. The van der Waals surface area contributed by atoms with Crippen molar-refractivity contribution in [1.29, 1.82) is 5.26 Å². The molecule has 7 nitrogen and oxygen atoms in total. The molecule has 0 fully saturated rings. The van der Waals surface area contributed by atoms with Crippen LogP contribution in [0.15, 0.2) is 24.5 Å². The number of hydrogen-bond acceptors (Lipinski definition) is 5. The van der Waals surface area contributed by atoms with E-state index >= 15 is 0 Å². The molecule has 0 bridgehead atoms. The molecule has 0 unspecified atom stereocenters. The molecule has 0 aliphatic heterocycles. The SMILES string of the molecule is N#Cc1cc(-n2cnnn2)ccc1CC(=O)O. The van der Waals surface area contributed by atoms with Crippen LogP contribution in [0.25, 0.3) is 5.69 Å². The number of carbonyl (C=O) groups is 1. The Hall–Kier alpha value is -2.75. The van der Waals surface area contributed by atoms with Crippen molar-refractivity contribution in [2.75, 3.05) is 0 Å². The number of rotatable bonds is 3. The topological polar surface area (TPSA) is 105 Å². The quantitative estimate of drug-likeness (QED) is 0.803. The first-order chi connectivity index (χ1) is 8.20. The number of aromatic nitrogens is 4. The molecular formula is C10H7N5O2. The number of hydrogen-bond donors (Lipinski definition) is 1. The third-order valence-electron chi connectivity index (χ3n) is 2.17. The van der Waals surface area contributed by atoms with Gasteiger partial charge in [0.15, 0.2) is 0 Å². The van der Waals surface area contributed by atoms with Crippen LogP contribution in [0.3, 0.4) is 0 Å². The van der Waals surface area contributed by atoms with E-state index in [1.54, 1.807) is 18.2 Å². The number of benzene rings is 1. The summed E-state index contributed by atoms with van der Waals surface area (Å²) >= 11 is 0. The van der Waals surface area contributed by atoms with Gasteiger partial charge in [-0.05, 0) is 28.1 Å². The predicted octanol–water partition coefficient (Wildman–Crippen LogP) is 0.161. The Morgan fingerprint density at radius 3 is 2.94 bits per heavy atom. The molecule has 1 aromatic heterocycles. The molecule has 1 aromatic carbocycles. The Labute approximate surface area is 95.9 Å². The molecule has 2 rings (SSSR count). The van der Waals surface area contributed by atoms with Crippen LogP contribution in [0.5, 0.6) is 0 Å². The molecule has 1 N–H and O–H groups in total. The summed E-state index contributed by atoms with van der Waals surface area (Å²) in [4.78, 5) is 10.6. The molecule has 84 valence electrons. The van der Waals surface area contributed by atoms with Gasteiger partial charge in [0, 0.05) is 0 Å². The number of carboxylic acid groups (broad SMARTS) is 1. The average Bonchev–Trinajstić information content (AvgIpc) is 2.82. The lowest BCUT2D eigenvalue weighted by molar-refractivity contribution is -0.136. The van der Waals surface area contributed by atoms with E-state index in [2.05, 4.69) is 15.5 Å². The molecule has 0 saturated heterocycles. The second kappa shape index (κ2) is 4.40. The highest BCUT2D eigenvalue weighted by Gasteiger charge is 2.08. The van der Waals surface area contributed by atoms with Crippen LogP contribution in [0, 0.1) is 11.3 Å². The molecule has 17 heavy (non-hydrogen) atoms. The second-order valence-electron chi connectivity index (χ2n) is 3.28. The first kappa shape index (κ1) is 10.8. The molecule has 0 amide bonds. The lowest BCUT2D eigenvalue weighted by Gasteiger charge is -2.04. The first-order valence-electron chi connectivity index (χ1n) is 4.69. The number of carboxylic acids is 1. The van der Waals surface area contributed by atoms with Gasteiger partial charge in [-0.3, -0.25) is 4.79 Å². The molecule has 0 spiro atoms. The summed E-state index contributed by atoms with van der Waals surface area (Å²) in [6, 6.07) is 6.76. The van der Waals surface area contributed by atoms with E-state index in [-0.39, 0.29) is 6.42 Å². The highest BCUT2D eigenvalue weighted by Crippen LogP contribution is 2.14. The maximum absolute atomic E-state index is 10.6. The van der Waals surface area contributed by atoms with Crippen molar-refractivity contribution in [2.45, 2.75) is 6.42 Å². The fourth-order valence-corrected chi connectivity index (χ4v) is 1.41. The zero-order chi connectivity index (χ0) is 12.3. The maximum Gasteiger partial charge on any atom is 0.307 e. The van der Waals surface area contributed by atoms with Crippen LogP contribution >= 0.6 is 0 Å². The molecule has 0 aliphatic carbocycles. The van der Waals surface area contributed by atoms with Gasteiger partial charge < -0.3 is 5.11 Å². The van der Waals surface area contributed by atoms with Crippen LogP contribution in [-0.2, 0) is 11.2 Å². The number of tetrazole rings is 1. The van der Waals surface area contributed by atoms with Crippen molar-refractivity contribution in [2.24, 2.45) is 0 Å². The second-order valence-corrected chi connectivity index (χ2v) is 3.28. The van der Waals surface area contributed by atoms with E-state index in [0.717, 1.165) is 0 Å². The minimum atomic E-state index is -0.975. The Kier molecular flexibility index (Phi) is 2.79. The van der Waals surface area contributed by atoms with E-state index in [9.17, 15) is 4.79 Å². The molecule has 7 heteroatoms. The third-order valence-corrected chi connectivity index (χ3v) is 2.17. The monoisotopic (exact) mass is 229 g/mol. The Morgan fingerprint density at radius 1 is 1.53 bits per heavy atom. The van der Waals surface area contributed by atoms with Crippen LogP contribution in [-0.4, -0.2) is 31.3 Å². The molecular weight excluding hydrogens is 222 g/mol. The van der Waals surface area contributed by atoms with Crippen molar-refractivity contribution in [3.05, 3.63) is 35.7 Å². The largest absolute Gasteiger partial charge is 0.481 e. The minimum absolute atomic E-state index is 0.182. The van der Waals surface area contributed by atoms with E-state index < -0.39 is 5.97 Å². The van der Waals surface area contributed by atoms with Crippen molar-refractivity contribution >= 4 is 5.97 Å². The van der Waals surface area contributed by atoms with Gasteiger partial charge in [-0.2, -0.15) is 5.26 Å². The van der Waals surface area contributed by atoms with Crippen molar-refractivity contribution in [1.82, 2.24) is 20.2 Å². The first-order valence-corrected chi connectivity index (χ1v) is 4.69. The van der Waals surface area contributed by atoms with Gasteiger partial charge in [0.1, 0.15) is 6.33 Å². The van der Waals surface area contributed by atoms with Crippen LogP contribution in [0.4, 0.5) is 0 Å². The molecule has 0 aliphatic rings. The molecule has 0 saturated carbocycles. The smallest absolute Gasteiger partial charge is 0.307 e. The van der Waals surface area contributed by atoms with Gasteiger partial charge in [0.05, 0.1) is 23.7 Å². The van der Waals surface area contributed by atoms with Crippen LogP contribution < -0.4 is 0 Å². The van der Waals surface area contributed by atoms with Gasteiger partial charge in [-0.1, -0.05) is 6.07 Å². The fourth-order valence-electron chi connectivity index (χ4n) is 1.41. The minimum Gasteiger partial charge on any atom is -0.481 e. The van der Waals surface area contributed by atoms with Crippen molar-refractivity contribution in [3.63, 3.8) is 0 Å². The molecule has 2 aromatic rings. The van der Waals surface area contributed by atoms with E-state index in [1.165, 1.54) is 11.0 Å². The third kappa shape index (κ3) is 2.26. The molecule has 0 radical (unpaired) electrons.